The summed E-state index contributed by atoms with van der Waals surface area (Å²) in [5, 5.41) is 11.8. The number of hydrogen-bond acceptors (Lipinski definition) is 5. The zero-order valence-corrected chi connectivity index (χ0v) is 11.0. The van der Waals surface area contributed by atoms with Crippen LogP contribution >= 0.6 is 0 Å². The molecule has 0 unspecified atom stereocenters. The third-order valence-corrected chi connectivity index (χ3v) is 3.08. The Kier molecular flexibility index (Phi) is 3.98. The number of nitriles is 1. The van der Waals surface area contributed by atoms with Gasteiger partial charge in [-0.05, 0) is 12.8 Å². The van der Waals surface area contributed by atoms with Crippen molar-refractivity contribution in [2.45, 2.75) is 38.6 Å². The van der Waals surface area contributed by atoms with E-state index in [0.29, 0.717) is 12.5 Å². The minimum absolute atomic E-state index is 0.539. The van der Waals surface area contributed by atoms with E-state index in [9.17, 15) is 0 Å². The minimum Gasteiger partial charge on any atom is -0.373 e. The molecule has 96 valence electrons. The van der Waals surface area contributed by atoms with E-state index in [1.165, 1.54) is 12.8 Å². The van der Waals surface area contributed by atoms with Crippen molar-refractivity contribution < 1.29 is 0 Å². The lowest BCUT2D eigenvalue weighted by molar-refractivity contribution is 0.767. The van der Waals surface area contributed by atoms with Crippen molar-refractivity contribution in [2.24, 2.45) is 0 Å². The number of anilines is 2. The Hall–Kier alpha value is -1.83. The highest BCUT2D eigenvalue weighted by Gasteiger charge is 2.30. The van der Waals surface area contributed by atoms with Gasteiger partial charge in [-0.1, -0.05) is 6.92 Å². The summed E-state index contributed by atoms with van der Waals surface area (Å²) < 4.78 is 0. The van der Waals surface area contributed by atoms with Gasteiger partial charge in [-0.2, -0.15) is 5.26 Å². The van der Waals surface area contributed by atoms with E-state index in [4.69, 9.17) is 5.26 Å². The molecule has 1 fully saturated rings. The molecule has 2 rings (SSSR count). The molecule has 1 aromatic rings. The van der Waals surface area contributed by atoms with Crippen molar-refractivity contribution in [2.75, 3.05) is 23.8 Å². The van der Waals surface area contributed by atoms with Crippen molar-refractivity contribution >= 4 is 11.6 Å². The smallest absolute Gasteiger partial charge is 0.134 e. The summed E-state index contributed by atoms with van der Waals surface area (Å²) in [5.41, 5.74) is 0. The molecule has 1 N–H and O–H groups in total. The fraction of sp³-hybridized carbons (Fsp3) is 0.615. The van der Waals surface area contributed by atoms with E-state index < -0.39 is 0 Å². The second kappa shape index (κ2) is 5.67. The average Bonchev–Trinajstić information content (AvgIpc) is 3.23. The van der Waals surface area contributed by atoms with Crippen LogP contribution in [0.5, 0.6) is 0 Å². The van der Waals surface area contributed by atoms with Crippen LogP contribution in [0, 0.1) is 11.3 Å². The minimum atomic E-state index is 0.539. The number of rotatable bonds is 6. The lowest BCUT2D eigenvalue weighted by Gasteiger charge is -2.23. The predicted octanol–water partition coefficient (Wildman–Crippen LogP) is 1.96. The van der Waals surface area contributed by atoms with Crippen LogP contribution in [-0.2, 0) is 6.42 Å². The molecule has 0 saturated heterocycles. The van der Waals surface area contributed by atoms with E-state index in [1.807, 2.05) is 13.1 Å². The molecule has 0 aliphatic heterocycles. The lowest BCUT2D eigenvalue weighted by atomic mass is 10.3. The van der Waals surface area contributed by atoms with Crippen molar-refractivity contribution in [3.63, 3.8) is 0 Å². The first-order valence-corrected chi connectivity index (χ1v) is 6.47. The topological polar surface area (TPSA) is 64.8 Å². The van der Waals surface area contributed by atoms with Gasteiger partial charge in [0.1, 0.15) is 17.5 Å². The van der Waals surface area contributed by atoms with Gasteiger partial charge < -0.3 is 10.2 Å². The summed E-state index contributed by atoms with van der Waals surface area (Å²) in [6.45, 7) is 2.81. The summed E-state index contributed by atoms with van der Waals surface area (Å²) >= 11 is 0. The van der Waals surface area contributed by atoms with Crippen LogP contribution in [0.3, 0.4) is 0 Å². The highest BCUT2D eigenvalue weighted by molar-refractivity contribution is 5.50. The predicted molar refractivity (Wildman–Crippen MR) is 71.6 cm³/mol. The maximum Gasteiger partial charge on any atom is 0.134 e. The quantitative estimate of drug-likeness (QED) is 0.830. The standard InChI is InChI=1S/C13H19N5/c1-3-11-16-12(15-2)9-13(17-11)18(8-4-7-14)10-5-6-10/h9-10H,3-6,8H2,1-2H3,(H,15,16,17). The Labute approximate surface area is 108 Å². The molecule has 0 bridgehead atoms. The van der Waals surface area contributed by atoms with E-state index in [1.54, 1.807) is 0 Å². The van der Waals surface area contributed by atoms with Crippen LogP contribution < -0.4 is 10.2 Å². The molecule has 1 aromatic heterocycles. The largest absolute Gasteiger partial charge is 0.373 e. The lowest BCUT2D eigenvalue weighted by Crippen LogP contribution is -2.28. The molecule has 0 radical (unpaired) electrons. The van der Waals surface area contributed by atoms with Gasteiger partial charge in [-0.15, -0.1) is 0 Å². The number of aromatic nitrogens is 2. The number of hydrogen-bond donors (Lipinski definition) is 1. The third-order valence-electron chi connectivity index (χ3n) is 3.08. The fourth-order valence-electron chi connectivity index (χ4n) is 1.96. The van der Waals surface area contributed by atoms with Crippen molar-refractivity contribution in [3.8, 4) is 6.07 Å². The molecule has 0 spiro atoms. The van der Waals surface area contributed by atoms with Gasteiger partial charge in [0.2, 0.25) is 0 Å². The molecule has 18 heavy (non-hydrogen) atoms. The summed E-state index contributed by atoms with van der Waals surface area (Å²) in [4.78, 5) is 11.2. The molecule has 1 saturated carbocycles. The summed E-state index contributed by atoms with van der Waals surface area (Å²) in [7, 11) is 1.86. The monoisotopic (exact) mass is 245 g/mol. The maximum atomic E-state index is 8.74. The molecule has 1 heterocycles. The van der Waals surface area contributed by atoms with Gasteiger partial charge in [0.05, 0.1) is 12.5 Å². The molecule has 0 atom stereocenters. The van der Waals surface area contributed by atoms with Gasteiger partial charge in [0.15, 0.2) is 0 Å². The Bertz CT molecular complexity index is 425. The Morgan fingerprint density at radius 2 is 2.28 bits per heavy atom. The molecular weight excluding hydrogens is 226 g/mol. The van der Waals surface area contributed by atoms with Gasteiger partial charge in [-0.25, -0.2) is 9.97 Å². The Morgan fingerprint density at radius 3 is 2.83 bits per heavy atom. The van der Waals surface area contributed by atoms with Crippen LogP contribution in [-0.4, -0.2) is 29.6 Å². The van der Waals surface area contributed by atoms with Crippen LogP contribution in [0.1, 0.15) is 32.0 Å². The van der Waals surface area contributed by atoms with Crippen molar-refractivity contribution in [3.05, 3.63) is 11.9 Å². The van der Waals surface area contributed by atoms with Gasteiger partial charge >= 0.3 is 0 Å². The number of aryl methyl sites for hydroxylation is 1. The Morgan fingerprint density at radius 1 is 1.50 bits per heavy atom. The zero-order valence-electron chi connectivity index (χ0n) is 11.0. The normalized spacial score (nSPS) is 14.1. The average molecular weight is 245 g/mol. The molecule has 5 heteroatoms. The van der Waals surface area contributed by atoms with Crippen LogP contribution in [0.4, 0.5) is 11.6 Å². The van der Waals surface area contributed by atoms with E-state index in [2.05, 4.69) is 33.2 Å². The van der Waals surface area contributed by atoms with Gasteiger partial charge in [-0.3, -0.25) is 0 Å². The highest BCUT2D eigenvalue weighted by atomic mass is 15.2. The summed E-state index contributed by atoms with van der Waals surface area (Å²) in [6, 6.07) is 4.73. The molecule has 5 nitrogen and oxygen atoms in total. The molecular formula is C13H19N5. The second-order valence-electron chi connectivity index (χ2n) is 4.46. The van der Waals surface area contributed by atoms with Crippen LogP contribution in [0.25, 0.3) is 0 Å². The van der Waals surface area contributed by atoms with E-state index in [-0.39, 0.29) is 0 Å². The molecule has 1 aliphatic rings. The van der Waals surface area contributed by atoms with Crippen molar-refractivity contribution in [1.29, 1.82) is 5.26 Å². The van der Waals surface area contributed by atoms with E-state index in [0.717, 1.165) is 30.4 Å². The fourth-order valence-corrected chi connectivity index (χ4v) is 1.96. The zero-order chi connectivity index (χ0) is 13.0. The Balaban J connectivity index is 2.25. The first-order valence-electron chi connectivity index (χ1n) is 6.47. The van der Waals surface area contributed by atoms with Crippen LogP contribution in [0.2, 0.25) is 0 Å². The van der Waals surface area contributed by atoms with Crippen LogP contribution in [0.15, 0.2) is 6.07 Å². The molecule has 0 amide bonds. The first-order chi connectivity index (χ1) is 8.78. The highest BCUT2D eigenvalue weighted by Crippen LogP contribution is 2.31. The van der Waals surface area contributed by atoms with Gasteiger partial charge in [0.25, 0.3) is 0 Å². The summed E-state index contributed by atoms with van der Waals surface area (Å²) in [5.74, 6) is 2.64. The second-order valence-corrected chi connectivity index (χ2v) is 4.46. The molecule has 1 aliphatic carbocycles. The maximum absolute atomic E-state index is 8.74. The SMILES string of the molecule is CCc1nc(NC)cc(N(CCC#N)C2CC2)n1. The number of nitrogens with zero attached hydrogens (tertiary/aromatic N) is 4. The van der Waals surface area contributed by atoms with Crippen molar-refractivity contribution in [1.82, 2.24) is 9.97 Å². The molecule has 0 aromatic carbocycles. The summed E-state index contributed by atoms with van der Waals surface area (Å²) in [6.07, 6.45) is 3.76. The van der Waals surface area contributed by atoms with Gasteiger partial charge in [0, 0.05) is 32.1 Å². The third kappa shape index (κ3) is 2.89. The number of nitrogens with one attached hydrogen (secondary N) is 1. The van der Waals surface area contributed by atoms with E-state index >= 15 is 0 Å². The first kappa shape index (κ1) is 12.6.